The molecule has 1 aliphatic rings. The number of benzene rings is 1. The zero-order chi connectivity index (χ0) is 12.4. The summed E-state index contributed by atoms with van der Waals surface area (Å²) in [5.41, 5.74) is 5.60. The summed E-state index contributed by atoms with van der Waals surface area (Å²) in [5, 5.41) is 0. The maximum absolute atomic E-state index is 12.4. The fourth-order valence-corrected chi connectivity index (χ4v) is 4.23. The first-order chi connectivity index (χ1) is 8.09. The van der Waals surface area contributed by atoms with Gasteiger partial charge in [-0.1, -0.05) is 25.0 Å². The first-order valence-electron chi connectivity index (χ1n) is 6.47. The molecule has 0 aliphatic heterocycles. The fraction of sp³-hybridized carbons (Fsp3) is 0.533. The first kappa shape index (κ1) is 16.0. The molecule has 2 rings (SSSR count). The molecule has 1 radical (unpaired) electrons. The summed E-state index contributed by atoms with van der Waals surface area (Å²) in [6.07, 6.45) is 5.15. The molecule has 0 N–H and O–H groups in total. The number of aryl methyl sites for hydroxylation is 2. The van der Waals surface area contributed by atoms with E-state index < -0.39 is 0 Å². The summed E-state index contributed by atoms with van der Waals surface area (Å²) in [4.78, 5) is 12.4. The van der Waals surface area contributed by atoms with Crippen molar-refractivity contribution in [3.63, 3.8) is 0 Å². The average Bonchev–Trinajstić information content (AvgIpc) is 2.77. The standard InChI is InChI=1S/C15H21OP.Li/c1-10-8-9-11(2)14(12(10)3)15(16)17-13-6-4-5-7-13;/h8-9,13,17H,4-7H2,1-3H3;. The molecule has 1 atom stereocenters. The van der Waals surface area contributed by atoms with Crippen LogP contribution < -0.4 is 0 Å². The third-order valence-corrected chi connectivity index (χ3v) is 5.36. The van der Waals surface area contributed by atoms with Crippen molar-refractivity contribution < 1.29 is 4.79 Å². The van der Waals surface area contributed by atoms with Crippen molar-refractivity contribution in [2.45, 2.75) is 52.1 Å². The van der Waals surface area contributed by atoms with E-state index in [1.165, 1.54) is 36.8 Å². The smallest absolute Gasteiger partial charge is 0.181 e. The van der Waals surface area contributed by atoms with Crippen LogP contribution in [-0.4, -0.2) is 30.0 Å². The van der Waals surface area contributed by atoms with Gasteiger partial charge in [-0.15, -0.1) is 0 Å². The van der Waals surface area contributed by atoms with Crippen molar-refractivity contribution in [1.29, 1.82) is 0 Å². The van der Waals surface area contributed by atoms with E-state index in [4.69, 9.17) is 0 Å². The second kappa shape index (κ2) is 6.90. The Morgan fingerprint density at radius 2 is 1.67 bits per heavy atom. The maximum Gasteiger partial charge on any atom is 0.181 e. The molecule has 1 saturated carbocycles. The molecule has 1 fully saturated rings. The number of hydrogen-bond acceptors (Lipinski definition) is 1. The monoisotopic (exact) mass is 255 g/mol. The van der Waals surface area contributed by atoms with Gasteiger partial charge < -0.3 is 0 Å². The van der Waals surface area contributed by atoms with Crippen LogP contribution in [-0.2, 0) is 0 Å². The summed E-state index contributed by atoms with van der Waals surface area (Å²) < 4.78 is 0. The molecule has 93 valence electrons. The molecule has 1 aromatic carbocycles. The molecule has 1 unspecified atom stereocenters. The van der Waals surface area contributed by atoms with Gasteiger partial charge >= 0.3 is 0 Å². The van der Waals surface area contributed by atoms with Crippen LogP contribution in [0.15, 0.2) is 12.1 Å². The quantitative estimate of drug-likeness (QED) is 0.589. The number of carbonyl (C=O) groups is 1. The third-order valence-electron chi connectivity index (χ3n) is 3.86. The van der Waals surface area contributed by atoms with E-state index in [1.54, 1.807) is 0 Å². The second-order valence-electron chi connectivity index (χ2n) is 5.15. The normalized spacial score (nSPS) is 16.2. The Morgan fingerprint density at radius 1 is 1.11 bits per heavy atom. The molecular formula is C15H21LiOP. The molecule has 0 amide bonds. The van der Waals surface area contributed by atoms with Gasteiger partial charge in [0.2, 0.25) is 0 Å². The van der Waals surface area contributed by atoms with Crippen molar-refractivity contribution in [1.82, 2.24) is 0 Å². The predicted molar refractivity (Wildman–Crippen MR) is 81.3 cm³/mol. The zero-order valence-corrected chi connectivity index (χ0v) is 13.0. The molecule has 3 heteroatoms. The Kier molecular flexibility index (Phi) is 6.13. The molecule has 1 aromatic rings. The van der Waals surface area contributed by atoms with E-state index in [2.05, 4.69) is 32.9 Å². The van der Waals surface area contributed by atoms with Gasteiger partial charge in [-0.25, -0.2) is 0 Å². The van der Waals surface area contributed by atoms with Gasteiger partial charge in [0.15, 0.2) is 5.52 Å². The van der Waals surface area contributed by atoms with Crippen LogP contribution in [0, 0.1) is 20.8 Å². The van der Waals surface area contributed by atoms with Crippen LogP contribution in [0.1, 0.15) is 52.7 Å². The van der Waals surface area contributed by atoms with Crippen LogP contribution >= 0.6 is 8.58 Å². The minimum Gasteiger partial charge on any atom is -0.289 e. The summed E-state index contributed by atoms with van der Waals surface area (Å²) in [5.74, 6) is 0. The number of rotatable bonds is 3. The predicted octanol–water partition coefficient (Wildman–Crippen LogP) is 3.99. The van der Waals surface area contributed by atoms with Crippen molar-refractivity contribution in [3.8, 4) is 0 Å². The number of carbonyl (C=O) groups excluding carboxylic acids is 1. The Bertz CT molecular complexity index is 436. The van der Waals surface area contributed by atoms with Gasteiger partial charge in [-0.3, -0.25) is 4.79 Å². The second-order valence-corrected chi connectivity index (χ2v) is 6.71. The maximum atomic E-state index is 12.4. The molecule has 0 aromatic heterocycles. The van der Waals surface area contributed by atoms with Crippen molar-refractivity contribution in [2.24, 2.45) is 0 Å². The van der Waals surface area contributed by atoms with Crippen molar-refractivity contribution in [2.75, 3.05) is 0 Å². The number of hydrogen-bond donors (Lipinski definition) is 0. The first-order valence-corrected chi connectivity index (χ1v) is 7.55. The molecule has 0 heterocycles. The van der Waals surface area contributed by atoms with Gasteiger partial charge in [0.05, 0.1) is 0 Å². The van der Waals surface area contributed by atoms with E-state index in [1.807, 2.05) is 0 Å². The van der Waals surface area contributed by atoms with E-state index in [-0.39, 0.29) is 18.9 Å². The van der Waals surface area contributed by atoms with Crippen molar-refractivity contribution >= 4 is 33.0 Å². The zero-order valence-electron chi connectivity index (χ0n) is 12.0. The summed E-state index contributed by atoms with van der Waals surface area (Å²) >= 11 is 0. The molecule has 18 heavy (non-hydrogen) atoms. The topological polar surface area (TPSA) is 17.1 Å². The summed E-state index contributed by atoms with van der Waals surface area (Å²) in [7, 11) is 0.487. The van der Waals surface area contributed by atoms with Crippen LogP contribution in [0.5, 0.6) is 0 Å². The summed E-state index contributed by atoms with van der Waals surface area (Å²) in [6, 6.07) is 4.19. The van der Waals surface area contributed by atoms with Gasteiger partial charge in [0, 0.05) is 24.4 Å². The molecular weight excluding hydrogens is 234 g/mol. The molecule has 1 nitrogen and oxygen atoms in total. The SMILES string of the molecule is Cc1ccc(C)c(C(=O)PC2CCCC2)c1C.[Li]. The molecule has 0 saturated heterocycles. The molecule has 0 bridgehead atoms. The molecule has 1 aliphatic carbocycles. The van der Waals surface area contributed by atoms with Crippen LogP contribution in [0.2, 0.25) is 0 Å². The largest absolute Gasteiger partial charge is 0.289 e. The van der Waals surface area contributed by atoms with Crippen molar-refractivity contribution in [3.05, 3.63) is 34.4 Å². The van der Waals surface area contributed by atoms with Crippen LogP contribution in [0.4, 0.5) is 0 Å². The minimum absolute atomic E-state index is 0. The average molecular weight is 255 g/mol. The third kappa shape index (κ3) is 3.48. The molecule has 0 spiro atoms. The Balaban J connectivity index is 0.00000162. The van der Waals surface area contributed by atoms with Crippen LogP contribution in [0.3, 0.4) is 0 Å². The van der Waals surface area contributed by atoms with Crippen LogP contribution in [0.25, 0.3) is 0 Å². The Morgan fingerprint density at radius 3 is 2.28 bits per heavy atom. The van der Waals surface area contributed by atoms with Gasteiger partial charge in [-0.2, -0.15) is 0 Å². The van der Waals surface area contributed by atoms with Gasteiger partial charge in [0.1, 0.15) is 0 Å². The van der Waals surface area contributed by atoms with E-state index >= 15 is 0 Å². The Labute approximate surface area is 124 Å². The van der Waals surface area contributed by atoms with E-state index in [0.717, 1.165) is 11.1 Å². The Hall–Kier alpha value is -0.0826. The summed E-state index contributed by atoms with van der Waals surface area (Å²) in [6.45, 7) is 6.22. The van der Waals surface area contributed by atoms with Gasteiger partial charge in [-0.05, 0) is 64.5 Å². The fourth-order valence-electron chi connectivity index (χ4n) is 2.63. The van der Waals surface area contributed by atoms with E-state index in [9.17, 15) is 4.79 Å². The minimum atomic E-state index is 0. The van der Waals surface area contributed by atoms with E-state index in [0.29, 0.717) is 19.8 Å². The van der Waals surface area contributed by atoms with Gasteiger partial charge in [0.25, 0.3) is 0 Å².